The number of halogens is 4. The summed E-state index contributed by atoms with van der Waals surface area (Å²) in [6, 6.07) is 15.1. The summed E-state index contributed by atoms with van der Waals surface area (Å²) < 4.78 is 39.9. The molecule has 0 fully saturated rings. The van der Waals surface area contributed by atoms with Crippen molar-refractivity contribution in [3.63, 3.8) is 0 Å². The smallest absolute Gasteiger partial charge is 0.406 e. The van der Waals surface area contributed by atoms with Gasteiger partial charge in [-0.05, 0) is 36.2 Å². The van der Waals surface area contributed by atoms with E-state index in [2.05, 4.69) is 15.0 Å². The van der Waals surface area contributed by atoms with Crippen molar-refractivity contribution in [3.05, 3.63) is 60.2 Å². The first-order valence-electron chi connectivity index (χ1n) is 6.89. The van der Waals surface area contributed by atoms with Gasteiger partial charge in [-0.15, -0.1) is 37.1 Å². The molecule has 0 aliphatic carbocycles. The second kappa shape index (κ2) is 9.36. The van der Waals surface area contributed by atoms with Crippen molar-refractivity contribution in [2.75, 3.05) is 11.9 Å². The second-order valence-corrected chi connectivity index (χ2v) is 4.70. The highest BCUT2D eigenvalue weighted by Crippen LogP contribution is 2.23. The maximum Gasteiger partial charge on any atom is 0.573 e. The van der Waals surface area contributed by atoms with Crippen LogP contribution in [0.4, 0.5) is 18.9 Å². The fraction of sp³-hybridized carbons (Fsp3) is 0.188. The molecule has 0 bridgehead atoms. The molecule has 0 unspecified atom stereocenters. The van der Waals surface area contributed by atoms with Gasteiger partial charge in [-0.1, -0.05) is 30.3 Å². The SMILES string of the molecule is I.NC(=NCCc1ccccc1)Nc1ccc(OC(F)(F)F)cc1. The van der Waals surface area contributed by atoms with E-state index in [0.717, 1.165) is 12.0 Å². The topological polar surface area (TPSA) is 59.6 Å². The maximum atomic E-state index is 12.1. The van der Waals surface area contributed by atoms with Crippen LogP contribution in [-0.2, 0) is 6.42 Å². The maximum absolute atomic E-state index is 12.1. The molecule has 3 N–H and O–H groups in total. The van der Waals surface area contributed by atoms with Gasteiger partial charge in [-0.25, -0.2) is 0 Å². The molecule has 0 saturated carbocycles. The van der Waals surface area contributed by atoms with Crippen molar-refractivity contribution in [1.29, 1.82) is 0 Å². The van der Waals surface area contributed by atoms with Crippen LogP contribution in [0.2, 0.25) is 0 Å². The minimum Gasteiger partial charge on any atom is -0.406 e. The molecule has 4 nitrogen and oxygen atoms in total. The summed E-state index contributed by atoms with van der Waals surface area (Å²) in [6.45, 7) is 0.512. The number of alkyl halides is 3. The molecule has 2 rings (SSSR count). The fourth-order valence-electron chi connectivity index (χ4n) is 1.88. The highest BCUT2D eigenvalue weighted by molar-refractivity contribution is 14.0. The summed E-state index contributed by atoms with van der Waals surface area (Å²) in [6.07, 6.45) is -3.95. The molecule has 0 saturated heterocycles. The quantitative estimate of drug-likeness (QED) is 0.408. The van der Waals surface area contributed by atoms with Crippen LogP contribution in [0.3, 0.4) is 0 Å². The number of hydrogen-bond acceptors (Lipinski definition) is 2. The van der Waals surface area contributed by atoms with Crippen LogP contribution in [0.1, 0.15) is 5.56 Å². The number of rotatable bonds is 5. The molecule has 0 radical (unpaired) electrons. The number of nitrogens with zero attached hydrogens (tertiary/aromatic N) is 1. The number of guanidine groups is 1. The number of hydrogen-bond donors (Lipinski definition) is 2. The van der Waals surface area contributed by atoms with Gasteiger partial charge in [0.15, 0.2) is 5.96 Å². The van der Waals surface area contributed by atoms with Gasteiger partial charge in [0.25, 0.3) is 0 Å². The summed E-state index contributed by atoms with van der Waals surface area (Å²) in [5, 5.41) is 2.81. The molecule has 0 aromatic heterocycles. The first-order valence-corrected chi connectivity index (χ1v) is 6.89. The van der Waals surface area contributed by atoms with Crippen LogP contribution < -0.4 is 15.8 Å². The minimum absolute atomic E-state index is 0. The monoisotopic (exact) mass is 451 g/mol. The molecule has 0 amide bonds. The highest BCUT2D eigenvalue weighted by atomic mass is 127. The van der Waals surface area contributed by atoms with Gasteiger partial charge in [-0.2, -0.15) is 0 Å². The van der Waals surface area contributed by atoms with Gasteiger partial charge in [0.2, 0.25) is 0 Å². The van der Waals surface area contributed by atoms with Crippen molar-refractivity contribution in [2.24, 2.45) is 10.7 Å². The zero-order chi connectivity index (χ0) is 16.7. The predicted molar refractivity (Wildman–Crippen MR) is 98.8 cm³/mol. The zero-order valence-electron chi connectivity index (χ0n) is 12.6. The average molecular weight is 451 g/mol. The largest absolute Gasteiger partial charge is 0.573 e. The van der Waals surface area contributed by atoms with E-state index in [1.165, 1.54) is 24.3 Å². The van der Waals surface area contributed by atoms with Crippen molar-refractivity contribution in [3.8, 4) is 5.75 Å². The van der Waals surface area contributed by atoms with Gasteiger partial charge in [0.1, 0.15) is 5.75 Å². The Morgan fingerprint density at radius 1 is 1.04 bits per heavy atom. The van der Waals surface area contributed by atoms with Crippen LogP contribution in [0.5, 0.6) is 5.75 Å². The van der Waals surface area contributed by atoms with E-state index in [1.807, 2.05) is 30.3 Å². The molecule has 24 heavy (non-hydrogen) atoms. The second-order valence-electron chi connectivity index (χ2n) is 4.70. The molecule has 8 heteroatoms. The lowest BCUT2D eigenvalue weighted by Crippen LogP contribution is -2.23. The van der Waals surface area contributed by atoms with E-state index in [4.69, 9.17) is 5.73 Å². The number of ether oxygens (including phenoxy) is 1. The summed E-state index contributed by atoms with van der Waals surface area (Å²) >= 11 is 0. The van der Waals surface area contributed by atoms with Gasteiger partial charge in [0.05, 0.1) is 0 Å². The Labute approximate surface area is 154 Å². The lowest BCUT2D eigenvalue weighted by molar-refractivity contribution is -0.274. The standard InChI is InChI=1S/C16H16F3N3O.HI/c17-16(18,19)23-14-8-6-13(7-9-14)22-15(20)21-11-10-12-4-2-1-3-5-12;/h1-9H,10-11H2,(H3,20,21,22);1H. The van der Waals surface area contributed by atoms with Crippen LogP contribution in [0.25, 0.3) is 0 Å². The Balaban J connectivity index is 0.00000288. The fourth-order valence-corrected chi connectivity index (χ4v) is 1.88. The Morgan fingerprint density at radius 2 is 1.67 bits per heavy atom. The first kappa shape index (κ1) is 20.1. The van der Waals surface area contributed by atoms with E-state index in [1.54, 1.807) is 0 Å². The van der Waals surface area contributed by atoms with Gasteiger partial charge >= 0.3 is 6.36 Å². The van der Waals surface area contributed by atoms with Crippen LogP contribution in [-0.4, -0.2) is 18.9 Å². The molecule has 2 aromatic rings. The lowest BCUT2D eigenvalue weighted by Gasteiger charge is -2.10. The van der Waals surface area contributed by atoms with E-state index in [0.29, 0.717) is 12.2 Å². The summed E-state index contributed by atoms with van der Waals surface area (Å²) in [7, 11) is 0. The molecule has 0 heterocycles. The Kier molecular flexibility index (Phi) is 7.83. The van der Waals surface area contributed by atoms with E-state index in [-0.39, 0.29) is 35.7 Å². The van der Waals surface area contributed by atoms with E-state index < -0.39 is 6.36 Å². The summed E-state index contributed by atoms with van der Waals surface area (Å²) in [4.78, 5) is 4.17. The molecule has 2 aromatic carbocycles. The van der Waals surface area contributed by atoms with Crippen LogP contribution in [0, 0.1) is 0 Å². The third-order valence-corrected chi connectivity index (χ3v) is 2.89. The zero-order valence-corrected chi connectivity index (χ0v) is 14.9. The van der Waals surface area contributed by atoms with Gasteiger partial charge < -0.3 is 15.8 Å². The molecule has 0 atom stereocenters. The minimum atomic E-state index is -4.70. The molecule has 130 valence electrons. The lowest BCUT2D eigenvalue weighted by atomic mass is 10.2. The third kappa shape index (κ3) is 7.53. The first-order chi connectivity index (χ1) is 10.9. The van der Waals surface area contributed by atoms with Gasteiger partial charge in [0, 0.05) is 12.2 Å². The number of benzene rings is 2. The van der Waals surface area contributed by atoms with Crippen molar-refractivity contribution >= 4 is 35.6 Å². The normalized spacial score (nSPS) is 11.5. The molecular weight excluding hydrogens is 434 g/mol. The van der Waals surface area contributed by atoms with E-state index in [9.17, 15) is 13.2 Å². The van der Waals surface area contributed by atoms with Crippen molar-refractivity contribution < 1.29 is 17.9 Å². The van der Waals surface area contributed by atoms with Gasteiger partial charge in [-0.3, -0.25) is 4.99 Å². The van der Waals surface area contributed by atoms with Crippen molar-refractivity contribution in [2.45, 2.75) is 12.8 Å². The Bertz CT molecular complexity index is 646. The number of nitrogens with one attached hydrogen (secondary N) is 1. The number of aliphatic imine (C=N–C) groups is 1. The van der Waals surface area contributed by atoms with Crippen molar-refractivity contribution in [1.82, 2.24) is 0 Å². The molecular formula is C16H17F3IN3O. The number of nitrogens with two attached hydrogens (primary N) is 1. The van der Waals surface area contributed by atoms with Crippen LogP contribution >= 0.6 is 24.0 Å². The highest BCUT2D eigenvalue weighted by Gasteiger charge is 2.30. The number of anilines is 1. The Hall–Kier alpha value is -1.97. The Morgan fingerprint density at radius 3 is 2.25 bits per heavy atom. The molecule has 0 aliphatic heterocycles. The third-order valence-electron chi connectivity index (χ3n) is 2.89. The average Bonchev–Trinajstić information content (AvgIpc) is 2.49. The predicted octanol–water partition coefficient (Wildman–Crippen LogP) is 4.17. The summed E-state index contributed by atoms with van der Waals surface area (Å²) in [5.41, 5.74) is 7.42. The van der Waals surface area contributed by atoms with E-state index >= 15 is 0 Å². The summed E-state index contributed by atoms with van der Waals surface area (Å²) in [5.74, 6) is -0.0898. The van der Waals surface area contributed by atoms with Crippen LogP contribution in [0.15, 0.2) is 59.6 Å². The molecule has 0 aliphatic rings. The molecule has 0 spiro atoms.